The van der Waals surface area contributed by atoms with Crippen molar-refractivity contribution in [1.82, 2.24) is 14.9 Å². The van der Waals surface area contributed by atoms with Gasteiger partial charge in [0.25, 0.3) is 5.56 Å². The number of nitrogens with one attached hydrogen (secondary N) is 2. The molecule has 0 unspecified atom stereocenters. The van der Waals surface area contributed by atoms with E-state index in [4.69, 9.17) is 4.42 Å². The number of H-pyrrole nitrogens is 1. The van der Waals surface area contributed by atoms with E-state index in [1.54, 1.807) is 12.1 Å². The molecule has 2 N–H and O–H groups in total. The summed E-state index contributed by atoms with van der Waals surface area (Å²) in [4.78, 5) is 35.9. The van der Waals surface area contributed by atoms with Gasteiger partial charge in [0, 0.05) is 25.2 Å². The fourth-order valence-electron chi connectivity index (χ4n) is 1.53. The number of aryl methyl sites for hydroxylation is 1. The summed E-state index contributed by atoms with van der Waals surface area (Å²) < 4.78 is 6.34. The Bertz CT molecular complexity index is 654. The van der Waals surface area contributed by atoms with Crippen molar-refractivity contribution in [3.8, 4) is 0 Å². The second-order valence-electron chi connectivity index (χ2n) is 3.91. The fourth-order valence-corrected chi connectivity index (χ4v) is 1.53. The molecule has 100 valence electrons. The van der Waals surface area contributed by atoms with Gasteiger partial charge in [-0.25, -0.2) is 4.79 Å². The Morgan fingerprint density at radius 3 is 2.89 bits per heavy atom. The molecule has 0 saturated carbocycles. The van der Waals surface area contributed by atoms with Crippen LogP contribution >= 0.6 is 0 Å². The molecule has 2 rings (SSSR count). The van der Waals surface area contributed by atoms with E-state index in [0.717, 1.165) is 0 Å². The lowest BCUT2D eigenvalue weighted by atomic mass is 10.3. The summed E-state index contributed by atoms with van der Waals surface area (Å²) in [7, 11) is 0. The Kier molecular flexibility index (Phi) is 3.97. The summed E-state index contributed by atoms with van der Waals surface area (Å²) in [5.41, 5.74) is -0.977. The van der Waals surface area contributed by atoms with Crippen LogP contribution in [-0.2, 0) is 17.9 Å². The highest BCUT2D eigenvalue weighted by Crippen LogP contribution is 1.98. The Labute approximate surface area is 107 Å². The van der Waals surface area contributed by atoms with E-state index in [1.165, 1.54) is 23.1 Å². The maximum Gasteiger partial charge on any atom is 0.328 e. The maximum atomic E-state index is 11.5. The minimum absolute atomic E-state index is 0.145. The third kappa shape index (κ3) is 3.70. The van der Waals surface area contributed by atoms with Gasteiger partial charge in [-0.3, -0.25) is 14.6 Å². The van der Waals surface area contributed by atoms with Gasteiger partial charge >= 0.3 is 5.69 Å². The van der Waals surface area contributed by atoms with Crippen molar-refractivity contribution in [2.24, 2.45) is 0 Å². The molecule has 7 nitrogen and oxygen atoms in total. The van der Waals surface area contributed by atoms with E-state index in [-0.39, 0.29) is 18.9 Å². The third-order valence-electron chi connectivity index (χ3n) is 2.52. The van der Waals surface area contributed by atoms with E-state index in [2.05, 4.69) is 10.3 Å². The highest BCUT2D eigenvalue weighted by Gasteiger charge is 2.04. The number of aromatic amines is 1. The lowest BCUT2D eigenvalue weighted by Crippen LogP contribution is -2.31. The smallest absolute Gasteiger partial charge is 0.328 e. The van der Waals surface area contributed by atoms with Crippen LogP contribution in [0, 0.1) is 0 Å². The minimum atomic E-state index is -0.522. The Hall–Kier alpha value is -2.57. The molecule has 2 heterocycles. The highest BCUT2D eigenvalue weighted by atomic mass is 16.3. The number of hydrogen-bond acceptors (Lipinski definition) is 4. The number of amides is 1. The van der Waals surface area contributed by atoms with Crippen molar-refractivity contribution in [1.29, 1.82) is 0 Å². The van der Waals surface area contributed by atoms with E-state index < -0.39 is 11.2 Å². The van der Waals surface area contributed by atoms with Gasteiger partial charge in [0.1, 0.15) is 5.76 Å². The third-order valence-corrected chi connectivity index (χ3v) is 2.52. The molecule has 0 radical (unpaired) electrons. The normalized spacial score (nSPS) is 10.3. The van der Waals surface area contributed by atoms with Crippen molar-refractivity contribution in [3.05, 3.63) is 57.3 Å². The van der Waals surface area contributed by atoms with Crippen LogP contribution in [0.15, 0.2) is 44.7 Å². The largest absolute Gasteiger partial charge is 0.467 e. The van der Waals surface area contributed by atoms with E-state index in [9.17, 15) is 14.4 Å². The first kappa shape index (κ1) is 12.9. The second kappa shape index (κ2) is 5.85. The molecular weight excluding hydrogens is 250 g/mol. The van der Waals surface area contributed by atoms with E-state index in [0.29, 0.717) is 12.3 Å². The van der Waals surface area contributed by atoms with Crippen molar-refractivity contribution >= 4 is 5.91 Å². The molecule has 0 bridgehead atoms. The number of furan rings is 1. The lowest BCUT2D eigenvalue weighted by Gasteiger charge is -2.05. The molecule has 0 aliphatic heterocycles. The molecule has 0 aromatic carbocycles. The molecule has 7 heteroatoms. The van der Waals surface area contributed by atoms with Crippen LogP contribution in [-0.4, -0.2) is 15.5 Å². The number of carbonyl (C=O) groups excluding carboxylic acids is 1. The number of carbonyl (C=O) groups is 1. The molecule has 2 aromatic heterocycles. The second-order valence-corrected chi connectivity index (χ2v) is 3.91. The topological polar surface area (TPSA) is 97.1 Å². The van der Waals surface area contributed by atoms with Crippen molar-refractivity contribution in [3.63, 3.8) is 0 Å². The van der Waals surface area contributed by atoms with Crippen LogP contribution in [0.1, 0.15) is 12.2 Å². The average Bonchev–Trinajstić information content (AvgIpc) is 2.88. The number of hydrogen-bond donors (Lipinski definition) is 2. The summed E-state index contributed by atoms with van der Waals surface area (Å²) in [6.07, 6.45) is 3.04. The van der Waals surface area contributed by atoms with E-state index in [1.807, 2.05) is 0 Å². The number of rotatable bonds is 5. The van der Waals surface area contributed by atoms with Crippen LogP contribution in [0.3, 0.4) is 0 Å². The van der Waals surface area contributed by atoms with E-state index >= 15 is 0 Å². The summed E-state index contributed by atoms with van der Waals surface area (Å²) >= 11 is 0. The maximum absolute atomic E-state index is 11.5. The highest BCUT2D eigenvalue weighted by molar-refractivity contribution is 5.75. The number of aromatic nitrogens is 2. The van der Waals surface area contributed by atoms with Gasteiger partial charge in [-0.05, 0) is 12.1 Å². The first-order valence-corrected chi connectivity index (χ1v) is 5.74. The Balaban J connectivity index is 1.83. The summed E-state index contributed by atoms with van der Waals surface area (Å²) in [5.74, 6) is 0.462. The molecule has 1 amide bonds. The molecule has 2 aromatic rings. The Morgan fingerprint density at radius 1 is 1.37 bits per heavy atom. The summed E-state index contributed by atoms with van der Waals surface area (Å²) in [6.45, 7) is 0.520. The van der Waals surface area contributed by atoms with Crippen molar-refractivity contribution in [2.45, 2.75) is 19.5 Å². The average molecular weight is 263 g/mol. The summed E-state index contributed by atoms with van der Waals surface area (Å²) in [5, 5.41) is 2.67. The molecule has 0 saturated heterocycles. The lowest BCUT2D eigenvalue weighted by molar-refractivity contribution is -0.121. The van der Waals surface area contributed by atoms with Crippen molar-refractivity contribution < 1.29 is 9.21 Å². The zero-order valence-corrected chi connectivity index (χ0v) is 10.1. The minimum Gasteiger partial charge on any atom is -0.467 e. The number of nitrogens with zero attached hydrogens (tertiary/aromatic N) is 1. The predicted molar refractivity (Wildman–Crippen MR) is 66.5 cm³/mol. The van der Waals surface area contributed by atoms with Gasteiger partial charge < -0.3 is 14.3 Å². The van der Waals surface area contributed by atoms with Gasteiger partial charge in [-0.1, -0.05) is 0 Å². The van der Waals surface area contributed by atoms with Crippen LogP contribution in [0.4, 0.5) is 0 Å². The van der Waals surface area contributed by atoms with Crippen LogP contribution in [0.2, 0.25) is 0 Å². The van der Waals surface area contributed by atoms with Crippen LogP contribution in [0.5, 0.6) is 0 Å². The van der Waals surface area contributed by atoms with Gasteiger partial charge in [-0.15, -0.1) is 0 Å². The van der Waals surface area contributed by atoms with Gasteiger partial charge in [0.05, 0.1) is 12.8 Å². The molecule has 0 atom stereocenters. The first-order valence-electron chi connectivity index (χ1n) is 5.74. The van der Waals surface area contributed by atoms with Gasteiger partial charge in [0.2, 0.25) is 5.91 Å². The Morgan fingerprint density at radius 2 is 2.21 bits per heavy atom. The first-order chi connectivity index (χ1) is 9.15. The molecular formula is C12H13N3O4. The summed E-state index contributed by atoms with van der Waals surface area (Å²) in [6, 6.07) is 4.73. The molecule has 0 aliphatic rings. The van der Waals surface area contributed by atoms with Gasteiger partial charge in [0.15, 0.2) is 0 Å². The van der Waals surface area contributed by atoms with Crippen LogP contribution in [0.25, 0.3) is 0 Å². The zero-order chi connectivity index (χ0) is 13.7. The zero-order valence-electron chi connectivity index (χ0n) is 10.1. The van der Waals surface area contributed by atoms with Gasteiger partial charge in [-0.2, -0.15) is 0 Å². The monoisotopic (exact) mass is 263 g/mol. The fraction of sp³-hybridized carbons (Fsp3) is 0.250. The van der Waals surface area contributed by atoms with Crippen molar-refractivity contribution in [2.75, 3.05) is 0 Å². The van der Waals surface area contributed by atoms with Crippen LogP contribution < -0.4 is 16.6 Å². The molecule has 19 heavy (non-hydrogen) atoms. The standard InChI is InChI=1S/C12H13N3O4/c16-10(13-8-9-2-1-7-19-9)3-5-15-6-4-11(17)14-12(15)18/h1-2,4,6-7H,3,5,8H2,(H,13,16)(H,14,17,18). The SMILES string of the molecule is O=C(CCn1ccc(=O)[nH]c1=O)NCc1ccco1. The molecule has 0 fully saturated rings. The molecule has 0 aliphatic carbocycles. The predicted octanol–water partition coefficient (Wildman–Crippen LogP) is -0.164. The quantitative estimate of drug-likeness (QED) is 0.783. The molecule has 0 spiro atoms.